The summed E-state index contributed by atoms with van der Waals surface area (Å²) in [4.78, 5) is 4.57. The van der Waals surface area contributed by atoms with Crippen LogP contribution in [-0.4, -0.2) is 17.8 Å². The lowest BCUT2D eigenvalue weighted by atomic mass is 10.2. The van der Waals surface area contributed by atoms with Gasteiger partial charge in [0.2, 0.25) is 0 Å². The van der Waals surface area contributed by atoms with Gasteiger partial charge in [-0.1, -0.05) is 13.8 Å². The van der Waals surface area contributed by atoms with Gasteiger partial charge >= 0.3 is 0 Å². The Morgan fingerprint density at radius 2 is 1.80 bits per heavy atom. The van der Waals surface area contributed by atoms with Crippen molar-refractivity contribution in [3.63, 3.8) is 0 Å². The molecule has 0 aromatic carbocycles. The zero-order chi connectivity index (χ0) is 11.8. The van der Waals surface area contributed by atoms with Crippen LogP contribution in [0.4, 0.5) is 0 Å². The molecule has 0 bridgehead atoms. The fourth-order valence-electron chi connectivity index (χ4n) is 1.32. The molecule has 88 valence electrons. The third kappa shape index (κ3) is 7.18. The lowest BCUT2D eigenvalue weighted by Gasteiger charge is -2.13. The van der Waals surface area contributed by atoms with Gasteiger partial charge in [-0.3, -0.25) is 4.99 Å². The normalized spacial score (nSPS) is 17.5. The Labute approximate surface area is 94.9 Å². The second-order valence-electron chi connectivity index (χ2n) is 4.31. The topological polar surface area (TPSA) is 24.4 Å². The van der Waals surface area contributed by atoms with Crippen LogP contribution in [0, 0.1) is 0 Å². The van der Waals surface area contributed by atoms with Crippen molar-refractivity contribution in [2.45, 2.75) is 66.5 Å². The van der Waals surface area contributed by atoms with Crippen LogP contribution in [0.5, 0.6) is 0 Å². The zero-order valence-electron chi connectivity index (χ0n) is 11.1. The summed E-state index contributed by atoms with van der Waals surface area (Å²) in [5.74, 6) is 0. The van der Waals surface area contributed by atoms with Crippen molar-refractivity contribution in [2.24, 2.45) is 4.99 Å². The minimum absolute atomic E-state index is 0.428. The van der Waals surface area contributed by atoms with Crippen LogP contribution in [-0.2, 0) is 0 Å². The molecule has 2 unspecified atom stereocenters. The Bertz CT molecular complexity index is 229. The monoisotopic (exact) mass is 210 g/mol. The number of hydrogen-bond acceptors (Lipinski definition) is 2. The molecule has 0 amide bonds. The predicted molar refractivity (Wildman–Crippen MR) is 69.5 cm³/mol. The molecule has 0 aromatic heterocycles. The summed E-state index contributed by atoms with van der Waals surface area (Å²) in [6, 6.07) is 0.968. The van der Waals surface area contributed by atoms with Gasteiger partial charge in [0, 0.05) is 23.5 Å². The molecule has 0 spiro atoms. The molecule has 2 heteroatoms. The molecule has 0 radical (unpaired) electrons. The van der Waals surface area contributed by atoms with Crippen LogP contribution in [0.15, 0.2) is 16.8 Å². The van der Waals surface area contributed by atoms with E-state index in [1.807, 2.05) is 0 Å². The smallest absolute Gasteiger partial charge is 0.0472 e. The first-order chi connectivity index (χ1) is 6.99. The van der Waals surface area contributed by atoms with Crippen LogP contribution in [0.3, 0.4) is 0 Å². The van der Waals surface area contributed by atoms with E-state index < -0.39 is 0 Å². The number of rotatable bonds is 6. The lowest BCUT2D eigenvalue weighted by molar-refractivity contribution is 0.596. The quantitative estimate of drug-likeness (QED) is 0.666. The highest BCUT2D eigenvalue weighted by molar-refractivity contribution is 5.93. The molecular formula is C13H26N2. The second kappa shape index (κ2) is 7.49. The number of aliphatic imine (C=N–C) groups is 1. The van der Waals surface area contributed by atoms with Crippen LogP contribution in [0.1, 0.15) is 54.4 Å². The Morgan fingerprint density at radius 1 is 1.20 bits per heavy atom. The number of allylic oxidation sites excluding steroid dienone is 2. The summed E-state index contributed by atoms with van der Waals surface area (Å²) < 4.78 is 0. The highest BCUT2D eigenvalue weighted by Gasteiger charge is 1.98. The largest absolute Gasteiger partial charge is 0.386 e. The van der Waals surface area contributed by atoms with Gasteiger partial charge in [0.1, 0.15) is 0 Å². The summed E-state index contributed by atoms with van der Waals surface area (Å²) in [5, 5.41) is 3.43. The molecule has 2 nitrogen and oxygen atoms in total. The number of hydrogen-bond donors (Lipinski definition) is 1. The summed E-state index contributed by atoms with van der Waals surface area (Å²) in [5.41, 5.74) is 2.31. The van der Waals surface area contributed by atoms with Crippen molar-refractivity contribution in [3.8, 4) is 0 Å². The Kier molecular flexibility index (Phi) is 7.10. The van der Waals surface area contributed by atoms with Gasteiger partial charge in [0.15, 0.2) is 0 Å². The van der Waals surface area contributed by atoms with Crippen molar-refractivity contribution >= 4 is 5.71 Å². The maximum Gasteiger partial charge on any atom is 0.0472 e. The van der Waals surface area contributed by atoms with Crippen LogP contribution in [0.25, 0.3) is 0 Å². The first-order valence-electron chi connectivity index (χ1n) is 5.98. The summed E-state index contributed by atoms with van der Waals surface area (Å²) >= 11 is 0. The van der Waals surface area contributed by atoms with Crippen LogP contribution in [0.2, 0.25) is 0 Å². The van der Waals surface area contributed by atoms with Gasteiger partial charge in [0.05, 0.1) is 0 Å². The fourth-order valence-corrected chi connectivity index (χ4v) is 1.32. The third-order valence-electron chi connectivity index (χ3n) is 2.53. The van der Waals surface area contributed by atoms with Crippen molar-refractivity contribution < 1.29 is 0 Å². The van der Waals surface area contributed by atoms with Crippen LogP contribution < -0.4 is 5.32 Å². The van der Waals surface area contributed by atoms with E-state index in [1.165, 1.54) is 5.70 Å². The first kappa shape index (κ1) is 14.2. The van der Waals surface area contributed by atoms with Gasteiger partial charge in [-0.15, -0.1) is 0 Å². The highest BCUT2D eigenvalue weighted by atomic mass is 14.9. The van der Waals surface area contributed by atoms with Crippen molar-refractivity contribution in [1.82, 2.24) is 5.32 Å². The van der Waals surface area contributed by atoms with E-state index in [0.717, 1.165) is 18.6 Å². The van der Waals surface area contributed by atoms with Crippen molar-refractivity contribution in [1.29, 1.82) is 0 Å². The molecule has 0 fully saturated rings. The zero-order valence-corrected chi connectivity index (χ0v) is 11.1. The summed E-state index contributed by atoms with van der Waals surface area (Å²) in [7, 11) is 0. The van der Waals surface area contributed by atoms with Gasteiger partial charge < -0.3 is 5.32 Å². The third-order valence-corrected chi connectivity index (χ3v) is 2.53. The Hall–Kier alpha value is -0.790. The molecule has 0 rings (SSSR count). The van der Waals surface area contributed by atoms with Gasteiger partial charge in [-0.2, -0.15) is 0 Å². The van der Waals surface area contributed by atoms with E-state index in [1.54, 1.807) is 0 Å². The van der Waals surface area contributed by atoms with E-state index in [4.69, 9.17) is 0 Å². The minimum atomic E-state index is 0.428. The lowest BCUT2D eigenvalue weighted by Crippen LogP contribution is -2.23. The minimum Gasteiger partial charge on any atom is -0.386 e. The molecule has 0 aliphatic rings. The molecule has 2 atom stereocenters. The van der Waals surface area contributed by atoms with E-state index in [0.29, 0.717) is 12.1 Å². The standard InChI is InChI=1S/C13H26N2/c1-7-10(3)14-12(5)9-13(6)15-11(4)8-2/h9-11,14H,7-8H2,1-6H3/b12-9-,15-13+. The Balaban J connectivity index is 4.28. The maximum absolute atomic E-state index is 4.57. The van der Waals surface area contributed by atoms with Crippen LogP contribution >= 0.6 is 0 Å². The number of nitrogens with one attached hydrogen (secondary N) is 1. The van der Waals surface area contributed by atoms with E-state index in [9.17, 15) is 0 Å². The fraction of sp³-hybridized carbons (Fsp3) is 0.769. The SMILES string of the molecule is CCC(C)/N=C(C)/C=C(/C)NC(C)CC. The molecule has 0 saturated heterocycles. The molecule has 0 aromatic rings. The molecule has 0 heterocycles. The van der Waals surface area contributed by atoms with E-state index >= 15 is 0 Å². The van der Waals surface area contributed by atoms with E-state index in [2.05, 4.69) is 57.9 Å². The molecule has 0 aliphatic heterocycles. The summed E-state index contributed by atoms with van der Waals surface area (Å²) in [6.45, 7) is 12.9. The molecular weight excluding hydrogens is 184 g/mol. The molecule has 0 saturated carbocycles. The summed E-state index contributed by atoms with van der Waals surface area (Å²) in [6.07, 6.45) is 4.37. The van der Waals surface area contributed by atoms with Gasteiger partial charge in [-0.05, 0) is 46.6 Å². The average Bonchev–Trinajstić information content (AvgIpc) is 2.16. The van der Waals surface area contributed by atoms with Crippen molar-refractivity contribution in [3.05, 3.63) is 11.8 Å². The van der Waals surface area contributed by atoms with Crippen molar-refractivity contribution in [2.75, 3.05) is 0 Å². The van der Waals surface area contributed by atoms with Gasteiger partial charge in [0.25, 0.3) is 0 Å². The maximum atomic E-state index is 4.57. The number of nitrogens with zero attached hydrogens (tertiary/aromatic N) is 1. The average molecular weight is 210 g/mol. The first-order valence-corrected chi connectivity index (χ1v) is 5.98. The highest BCUT2D eigenvalue weighted by Crippen LogP contribution is 1.99. The molecule has 0 aliphatic carbocycles. The predicted octanol–water partition coefficient (Wildman–Crippen LogP) is 3.54. The molecule has 15 heavy (non-hydrogen) atoms. The second-order valence-corrected chi connectivity index (χ2v) is 4.31. The van der Waals surface area contributed by atoms with Gasteiger partial charge in [-0.25, -0.2) is 0 Å². The van der Waals surface area contributed by atoms with E-state index in [-0.39, 0.29) is 0 Å². The Morgan fingerprint density at radius 3 is 2.27 bits per heavy atom. The molecule has 1 N–H and O–H groups in total.